The van der Waals surface area contributed by atoms with Crippen LogP contribution in [-0.4, -0.2) is 129 Å². The van der Waals surface area contributed by atoms with Crippen LogP contribution in [0.25, 0.3) is 0 Å². The molecule has 284 valence electrons. The number of carboxylic acid groups (broad SMARTS) is 1. The van der Waals surface area contributed by atoms with Crippen LogP contribution in [0.15, 0.2) is 66.7 Å². The van der Waals surface area contributed by atoms with E-state index >= 15 is 0 Å². The fraction of sp³-hybridized carbons (Fsp3) is 0.475. The minimum absolute atomic E-state index is 0.0146. The molecule has 3 aliphatic rings. The van der Waals surface area contributed by atoms with Gasteiger partial charge in [-0.15, -0.1) is 0 Å². The van der Waals surface area contributed by atoms with E-state index in [1.54, 1.807) is 17.0 Å². The maximum atomic E-state index is 14.0. The van der Waals surface area contributed by atoms with Gasteiger partial charge in [0.15, 0.2) is 11.5 Å². The highest BCUT2D eigenvalue weighted by Crippen LogP contribution is 2.42. The van der Waals surface area contributed by atoms with Crippen LogP contribution in [0.2, 0.25) is 5.02 Å². The van der Waals surface area contributed by atoms with Crippen molar-refractivity contribution >= 4 is 29.5 Å². The largest absolute Gasteiger partial charge is 0.493 e. The van der Waals surface area contributed by atoms with Crippen molar-refractivity contribution < 1.29 is 33.7 Å². The van der Waals surface area contributed by atoms with Gasteiger partial charge in [0.2, 0.25) is 5.75 Å². The number of rotatable bonds is 12. The summed E-state index contributed by atoms with van der Waals surface area (Å²) in [5.41, 5.74) is 1.86. The van der Waals surface area contributed by atoms with Crippen LogP contribution in [0.1, 0.15) is 47.2 Å². The van der Waals surface area contributed by atoms with Crippen LogP contribution in [0.3, 0.4) is 0 Å². The second-order valence-corrected chi connectivity index (χ2v) is 14.7. The molecule has 53 heavy (non-hydrogen) atoms. The number of amides is 3. The first-order valence-corrected chi connectivity index (χ1v) is 18.6. The summed E-state index contributed by atoms with van der Waals surface area (Å²) in [7, 11) is 4.62. The first-order chi connectivity index (χ1) is 25.6. The van der Waals surface area contributed by atoms with Crippen LogP contribution in [0.4, 0.5) is 4.79 Å². The number of halogens is 1. The smallest absolute Gasteiger partial charge is 0.318 e. The van der Waals surface area contributed by atoms with Gasteiger partial charge in [-0.1, -0.05) is 54.1 Å². The molecule has 1 atom stereocenters. The van der Waals surface area contributed by atoms with Crippen molar-refractivity contribution in [2.24, 2.45) is 0 Å². The quantitative estimate of drug-likeness (QED) is 0.265. The third-order valence-corrected chi connectivity index (χ3v) is 11.5. The summed E-state index contributed by atoms with van der Waals surface area (Å²) >= 11 is 6.54. The Morgan fingerprint density at radius 3 is 2.02 bits per heavy atom. The molecule has 0 bridgehead atoms. The number of nitrogens with one attached hydrogen (secondary N) is 1. The van der Waals surface area contributed by atoms with Crippen molar-refractivity contribution in [3.8, 4) is 17.2 Å². The average Bonchev–Trinajstić information content (AvgIpc) is 3.62. The summed E-state index contributed by atoms with van der Waals surface area (Å²) in [6, 6.07) is 21.5. The van der Waals surface area contributed by atoms with Crippen molar-refractivity contribution in [3.05, 3.63) is 88.4 Å². The number of benzene rings is 3. The van der Waals surface area contributed by atoms with E-state index in [4.69, 9.17) is 25.8 Å². The zero-order valence-corrected chi connectivity index (χ0v) is 31.6. The summed E-state index contributed by atoms with van der Waals surface area (Å²) < 4.78 is 16.5. The number of carbonyl (C=O) groups excluding carboxylic acids is 2. The summed E-state index contributed by atoms with van der Waals surface area (Å²) in [5, 5.41) is 13.3. The summed E-state index contributed by atoms with van der Waals surface area (Å²) in [6.45, 7) is 5.57. The fourth-order valence-electron chi connectivity index (χ4n) is 8.19. The Hall–Kier alpha value is -4.52. The number of piperidine rings is 1. The van der Waals surface area contributed by atoms with Gasteiger partial charge in [0.05, 0.1) is 33.4 Å². The van der Waals surface area contributed by atoms with Crippen LogP contribution < -0.4 is 19.5 Å². The first kappa shape index (κ1) is 38.2. The number of carboxylic acids is 1. The van der Waals surface area contributed by atoms with Gasteiger partial charge in [0.1, 0.15) is 0 Å². The summed E-state index contributed by atoms with van der Waals surface area (Å²) in [6.07, 6.45) is 3.12. The van der Waals surface area contributed by atoms with E-state index < -0.39 is 11.5 Å². The Balaban J connectivity index is 1.15. The number of hydrogen-bond acceptors (Lipinski definition) is 8. The van der Waals surface area contributed by atoms with Crippen molar-refractivity contribution in [3.63, 3.8) is 0 Å². The van der Waals surface area contributed by atoms with Crippen LogP contribution in [-0.2, 0) is 15.7 Å². The van der Waals surface area contributed by atoms with E-state index in [0.29, 0.717) is 67.1 Å². The van der Waals surface area contributed by atoms with E-state index in [1.165, 1.54) is 21.3 Å². The molecular weight excluding hydrogens is 698 g/mol. The highest BCUT2D eigenvalue weighted by Gasteiger charge is 2.44. The molecule has 0 radical (unpaired) electrons. The van der Waals surface area contributed by atoms with Gasteiger partial charge in [-0.25, -0.2) is 4.79 Å². The lowest BCUT2D eigenvalue weighted by Gasteiger charge is -2.45. The normalized spacial score (nSPS) is 20.5. The van der Waals surface area contributed by atoms with E-state index in [9.17, 15) is 19.5 Å². The van der Waals surface area contributed by atoms with E-state index in [1.807, 2.05) is 46.2 Å². The molecule has 3 aromatic rings. The molecule has 3 saturated heterocycles. The number of piperazine rings is 1. The number of hydrogen-bond donors (Lipinski definition) is 2. The topological polar surface area (TPSA) is 124 Å². The Morgan fingerprint density at radius 1 is 0.755 bits per heavy atom. The van der Waals surface area contributed by atoms with Gasteiger partial charge < -0.3 is 39.3 Å². The standard InChI is InChI=1S/C40H50ClN5O7/c1-51-33-24-29(25-34(52-2)36(33)53-3)37(49)46-19-13-39(28-46,31-10-7-11-32(41)26-31)12-16-43-17-14-40(15-18-43,30-8-5-4-6-9-30)42-38(50)45-22-20-44(21-23-45)27-35(47)48/h4-11,24-26H,12-23,27-28H2,1-3H3,(H,42,50)(H,47,48). The molecular formula is C40H50ClN5O7. The summed E-state index contributed by atoms with van der Waals surface area (Å²) in [5.74, 6) is 0.348. The monoisotopic (exact) mass is 747 g/mol. The van der Waals surface area contributed by atoms with Gasteiger partial charge in [-0.05, 0) is 67.6 Å². The molecule has 2 N–H and O–H groups in total. The number of urea groups is 1. The lowest BCUT2D eigenvalue weighted by molar-refractivity contribution is -0.138. The average molecular weight is 748 g/mol. The number of nitrogens with zero attached hydrogens (tertiary/aromatic N) is 4. The molecule has 0 saturated carbocycles. The van der Waals surface area contributed by atoms with Crippen LogP contribution >= 0.6 is 11.6 Å². The minimum atomic E-state index is -0.856. The SMILES string of the molecule is COc1cc(C(=O)N2CCC(CCN3CCC(NC(=O)N4CCN(CC(=O)O)CC4)(c4ccccc4)CC3)(c3cccc(Cl)c3)C2)cc(OC)c1OC. The molecule has 3 heterocycles. The van der Waals surface area contributed by atoms with E-state index in [2.05, 4.69) is 28.4 Å². The highest BCUT2D eigenvalue weighted by atomic mass is 35.5. The third kappa shape index (κ3) is 8.50. The van der Waals surface area contributed by atoms with E-state index in [0.717, 1.165) is 56.4 Å². The zero-order valence-electron chi connectivity index (χ0n) is 30.8. The third-order valence-electron chi connectivity index (χ3n) is 11.3. The Bertz CT molecular complexity index is 1740. The molecule has 1 unspecified atom stereocenters. The molecule has 13 heteroatoms. The van der Waals surface area contributed by atoms with Gasteiger partial charge in [0.25, 0.3) is 5.91 Å². The molecule has 3 aliphatic heterocycles. The Labute approximate surface area is 316 Å². The number of aliphatic carboxylic acids is 1. The molecule has 6 rings (SSSR count). The molecule has 12 nitrogen and oxygen atoms in total. The van der Waals surface area contributed by atoms with Gasteiger partial charge in [0, 0.05) is 68.4 Å². The number of carbonyl (C=O) groups is 3. The lowest BCUT2D eigenvalue weighted by Crippen LogP contribution is -2.59. The van der Waals surface area contributed by atoms with Crippen molar-refractivity contribution in [2.45, 2.75) is 36.6 Å². The van der Waals surface area contributed by atoms with E-state index in [-0.39, 0.29) is 23.9 Å². The van der Waals surface area contributed by atoms with Gasteiger partial charge >= 0.3 is 12.0 Å². The number of ether oxygens (including phenoxy) is 3. The second kappa shape index (κ2) is 16.7. The molecule has 3 aromatic carbocycles. The summed E-state index contributed by atoms with van der Waals surface area (Å²) in [4.78, 5) is 46.9. The van der Waals surface area contributed by atoms with Gasteiger partial charge in [-0.3, -0.25) is 14.5 Å². The van der Waals surface area contributed by atoms with Crippen molar-refractivity contribution in [1.29, 1.82) is 0 Å². The van der Waals surface area contributed by atoms with Crippen LogP contribution in [0.5, 0.6) is 17.2 Å². The lowest BCUT2D eigenvalue weighted by atomic mass is 9.76. The maximum absolute atomic E-state index is 14.0. The zero-order chi connectivity index (χ0) is 37.6. The predicted octanol–water partition coefficient (Wildman–Crippen LogP) is 4.94. The van der Waals surface area contributed by atoms with Crippen LogP contribution in [0, 0.1) is 0 Å². The van der Waals surface area contributed by atoms with Crippen molar-refractivity contribution in [2.75, 3.05) is 86.8 Å². The molecule has 3 amide bonds. The molecule has 0 aromatic heterocycles. The maximum Gasteiger partial charge on any atom is 0.318 e. The second-order valence-electron chi connectivity index (χ2n) is 14.3. The number of methoxy groups -OCH3 is 3. The van der Waals surface area contributed by atoms with Crippen molar-refractivity contribution in [1.82, 2.24) is 24.9 Å². The van der Waals surface area contributed by atoms with Gasteiger partial charge in [-0.2, -0.15) is 0 Å². The first-order valence-electron chi connectivity index (χ1n) is 18.2. The molecule has 3 fully saturated rings. The fourth-order valence-corrected chi connectivity index (χ4v) is 8.38. The highest BCUT2D eigenvalue weighted by molar-refractivity contribution is 6.30. The Morgan fingerprint density at radius 2 is 1.42 bits per heavy atom. The number of likely N-dealkylation sites (tertiary alicyclic amines) is 2. The minimum Gasteiger partial charge on any atom is -0.493 e. The predicted molar refractivity (Wildman–Crippen MR) is 202 cm³/mol. The molecule has 0 spiro atoms. The Kier molecular flexibility index (Phi) is 12.0. The molecule has 0 aliphatic carbocycles.